The van der Waals surface area contributed by atoms with Gasteiger partial charge in [-0.05, 0) is 24.3 Å². The van der Waals surface area contributed by atoms with Gasteiger partial charge in [0.1, 0.15) is 5.75 Å². The molecule has 0 aromatic heterocycles. The molecule has 0 aliphatic carbocycles. The highest BCUT2D eigenvalue weighted by atomic mass is 16.5. The van der Waals surface area contributed by atoms with Crippen LogP contribution in [0.1, 0.15) is 31.9 Å². The quantitative estimate of drug-likeness (QED) is 0.906. The minimum Gasteiger partial charge on any atom is -0.496 e. The molecule has 0 radical (unpaired) electrons. The maximum atomic E-state index is 6.05. The molecular formula is C16H26N2O. The zero-order valence-corrected chi connectivity index (χ0v) is 12.3. The fraction of sp³-hybridized carbons (Fsp3) is 0.625. The lowest BCUT2D eigenvalue weighted by Gasteiger charge is -2.40. The third-order valence-corrected chi connectivity index (χ3v) is 4.06. The predicted octanol–water partition coefficient (Wildman–Crippen LogP) is 2.67. The van der Waals surface area contributed by atoms with E-state index < -0.39 is 0 Å². The van der Waals surface area contributed by atoms with Gasteiger partial charge in [-0.3, -0.25) is 4.90 Å². The first-order chi connectivity index (χ1) is 9.15. The number of hydrogen-bond donors (Lipinski definition) is 1. The van der Waals surface area contributed by atoms with Crippen molar-refractivity contribution in [3.05, 3.63) is 29.8 Å². The highest BCUT2D eigenvalue weighted by molar-refractivity contribution is 5.36. The van der Waals surface area contributed by atoms with E-state index in [9.17, 15) is 0 Å². The molecule has 0 spiro atoms. The molecule has 3 unspecified atom stereocenters. The molecule has 3 heteroatoms. The first-order valence-electron chi connectivity index (χ1n) is 7.22. The fourth-order valence-electron chi connectivity index (χ4n) is 3.38. The van der Waals surface area contributed by atoms with E-state index in [1.807, 2.05) is 12.1 Å². The van der Waals surface area contributed by atoms with Crippen molar-refractivity contribution in [2.75, 3.05) is 26.7 Å². The first kappa shape index (κ1) is 14.4. The molecule has 1 aliphatic rings. The Morgan fingerprint density at radius 1 is 1.26 bits per heavy atom. The van der Waals surface area contributed by atoms with Gasteiger partial charge in [0.2, 0.25) is 0 Å². The lowest BCUT2D eigenvalue weighted by molar-refractivity contribution is 0.0971. The zero-order chi connectivity index (χ0) is 13.8. The molecule has 2 N–H and O–H groups in total. The second kappa shape index (κ2) is 6.40. The summed E-state index contributed by atoms with van der Waals surface area (Å²) in [5.74, 6) is 2.43. The molecule has 1 aromatic carbocycles. The fourth-order valence-corrected chi connectivity index (χ4v) is 3.38. The second-order valence-electron chi connectivity index (χ2n) is 5.89. The Hall–Kier alpha value is -1.06. The third kappa shape index (κ3) is 3.28. The van der Waals surface area contributed by atoms with Crippen molar-refractivity contribution >= 4 is 0 Å². The second-order valence-corrected chi connectivity index (χ2v) is 5.89. The van der Waals surface area contributed by atoms with Crippen LogP contribution in [0.15, 0.2) is 24.3 Å². The summed E-state index contributed by atoms with van der Waals surface area (Å²) in [5.41, 5.74) is 7.27. The Morgan fingerprint density at radius 2 is 1.89 bits per heavy atom. The van der Waals surface area contributed by atoms with E-state index in [-0.39, 0.29) is 6.04 Å². The van der Waals surface area contributed by atoms with Crippen LogP contribution >= 0.6 is 0 Å². The van der Waals surface area contributed by atoms with E-state index >= 15 is 0 Å². The molecule has 1 saturated heterocycles. The number of ether oxygens (including phenoxy) is 1. The molecule has 1 aliphatic heterocycles. The minimum atomic E-state index is 0.265. The molecule has 3 nitrogen and oxygen atoms in total. The van der Waals surface area contributed by atoms with Crippen LogP contribution in [-0.4, -0.2) is 31.6 Å². The van der Waals surface area contributed by atoms with Crippen LogP contribution in [0.3, 0.4) is 0 Å². The van der Waals surface area contributed by atoms with E-state index in [4.69, 9.17) is 10.5 Å². The highest BCUT2D eigenvalue weighted by Crippen LogP contribution is 2.32. The number of methoxy groups -OCH3 is 1. The van der Waals surface area contributed by atoms with E-state index in [2.05, 4.69) is 30.9 Å². The van der Waals surface area contributed by atoms with Crippen LogP contribution in [-0.2, 0) is 0 Å². The van der Waals surface area contributed by atoms with Crippen molar-refractivity contribution in [3.63, 3.8) is 0 Å². The van der Waals surface area contributed by atoms with Crippen molar-refractivity contribution in [2.45, 2.75) is 26.3 Å². The topological polar surface area (TPSA) is 38.5 Å². The van der Waals surface area contributed by atoms with Crippen molar-refractivity contribution in [1.82, 2.24) is 4.90 Å². The number of hydrogen-bond acceptors (Lipinski definition) is 3. The molecule has 0 saturated carbocycles. The van der Waals surface area contributed by atoms with Gasteiger partial charge < -0.3 is 10.5 Å². The highest BCUT2D eigenvalue weighted by Gasteiger charge is 2.28. The Morgan fingerprint density at radius 3 is 2.47 bits per heavy atom. The lowest BCUT2D eigenvalue weighted by Crippen LogP contribution is -2.43. The summed E-state index contributed by atoms with van der Waals surface area (Å²) in [4.78, 5) is 2.52. The third-order valence-electron chi connectivity index (χ3n) is 4.06. The standard InChI is InChI=1S/C16H26N2O/c1-12-8-13(2)11-18(10-12)15(9-17)14-6-4-5-7-16(14)19-3/h4-7,12-13,15H,8-11,17H2,1-3H3. The van der Waals surface area contributed by atoms with Gasteiger partial charge in [0.05, 0.1) is 13.2 Å². The van der Waals surface area contributed by atoms with Crippen molar-refractivity contribution < 1.29 is 4.74 Å². The monoisotopic (exact) mass is 262 g/mol. The largest absolute Gasteiger partial charge is 0.496 e. The predicted molar refractivity (Wildman–Crippen MR) is 79.3 cm³/mol. The summed E-state index contributed by atoms with van der Waals surface area (Å²) in [6.07, 6.45) is 1.32. The van der Waals surface area contributed by atoms with Crippen LogP contribution < -0.4 is 10.5 Å². The van der Waals surface area contributed by atoms with Gasteiger partial charge >= 0.3 is 0 Å². The molecule has 1 aromatic rings. The normalized spacial score (nSPS) is 26.1. The maximum Gasteiger partial charge on any atom is 0.123 e. The minimum absolute atomic E-state index is 0.265. The summed E-state index contributed by atoms with van der Waals surface area (Å²) < 4.78 is 5.49. The Balaban J connectivity index is 2.23. The van der Waals surface area contributed by atoms with E-state index in [0.717, 1.165) is 30.7 Å². The summed E-state index contributed by atoms with van der Waals surface area (Å²) in [6, 6.07) is 8.50. The first-order valence-corrected chi connectivity index (χ1v) is 7.22. The van der Waals surface area contributed by atoms with Crippen LogP contribution in [0.5, 0.6) is 5.75 Å². The van der Waals surface area contributed by atoms with Gasteiger partial charge in [0.25, 0.3) is 0 Å². The molecule has 1 heterocycles. The molecular weight excluding hydrogens is 236 g/mol. The van der Waals surface area contributed by atoms with Crippen molar-refractivity contribution in [2.24, 2.45) is 17.6 Å². The number of nitrogens with two attached hydrogens (primary N) is 1. The Bertz CT molecular complexity index is 397. The molecule has 1 fully saturated rings. The van der Waals surface area contributed by atoms with Gasteiger partial charge in [-0.15, -0.1) is 0 Å². The number of nitrogens with zero attached hydrogens (tertiary/aromatic N) is 1. The summed E-state index contributed by atoms with van der Waals surface area (Å²) >= 11 is 0. The average Bonchev–Trinajstić information content (AvgIpc) is 2.39. The van der Waals surface area contributed by atoms with Crippen LogP contribution in [0.4, 0.5) is 0 Å². The van der Waals surface area contributed by atoms with Crippen LogP contribution in [0.2, 0.25) is 0 Å². The number of piperidine rings is 1. The molecule has 3 atom stereocenters. The summed E-state index contributed by atoms with van der Waals surface area (Å²) in [7, 11) is 1.73. The van der Waals surface area contributed by atoms with Crippen LogP contribution in [0, 0.1) is 11.8 Å². The maximum absolute atomic E-state index is 6.05. The molecule has 106 valence electrons. The zero-order valence-electron chi connectivity index (χ0n) is 12.3. The smallest absolute Gasteiger partial charge is 0.123 e. The lowest BCUT2D eigenvalue weighted by atomic mass is 9.89. The van der Waals surface area contributed by atoms with E-state index in [1.54, 1.807) is 7.11 Å². The number of rotatable bonds is 4. The van der Waals surface area contributed by atoms with Crippen LogP contribution in [0.25, 0.3) is 0 Å². The average molecular weight is 262 g/mol. The van der Waals surface area contributed by atoms with Gasteiger partial charge in [0.15, 0.2) is 0 Å². The van der Waals surface area contributed by atoms with Gasteiger partial charge in [-0.1, -0.05) is 32.0 Å². The molecule has 0 bridgehead atoms. The number of para-hydroxylation sites is 1. The summed E-state index contributed by atoms with van der Waals surface area (Å²) in [6.45, 7) is 7.56. The van der Waals surface area contributed by atoms with Crippen molar-refractivity contribution in [3.8, 4) is 5.75 Å². The van der Waals surface area contributed by atoms with Gasteiger partial charge in [0, 0.05) is 25.2 Å². The number of benzene rings is 1. The molecule has 19 heavy (non-hydrogen) atoms. The molecule has 0 amide bonds. The van der Waals surface area contributed by atoms with Gasteiger partial charge in [-0.2, -0.15) is 0 Å². The summed E-state index contributed by atoms with van der Waals surface area (Å²) in [5, 5.41) is 0. The van der Waals surface area contributed by atoms with E-state index in [1.165, 1.54) is 12.0 Å². The Kier molecular flexibility index (Phi) is 4.83. The number of likely N-dealkylation sites (tertiary alicyclic amines) is 1. The molecule has 2 rings (SSSR count). The van der Waals surface area contributed by atoms with Gasteiger partial charge in [-0.25, -0.2) is 0 Å². The van der Waals surface area contributed by atoms with E-state index in [0.29, 0.717) is 6.54 Å². The Labute approximate surface area is 116 Å². The van der Waals surface area contributed by atoms with Crippen molar-refractivity contribution in [1.29, 1.82) is 0 Å². The SMILES string of the molecule is COc1ccccc1C(CN)N1CC(C)CC(C)C1.